The van der Waals surface area contributed by atoms with Crippen molar-refractivity contribution in [3.63, 3.8) is 0 Å². The van der Waals surface area contributed by atoms with E-state index in [1.807, 2.05) is 10.8 Å². The largest absolute Gasteiger partial charge is 0.381 e. The smallest absolute Gasteiger partial charge is 0.293 e. The molecule has 0 aromatic carbocycles. The first-order valence-corrected chi connectivity index (χ1v) is 7.89. The Bertz CT molecular complexity index is 660. The summed E-state index contributed by atoms with van der Waals surface area (Å²) in [5.41, 5.74) is 0. The second-order valence-corrected chi connectivity index (χ2v) is 5.61. The Labute approximate surface area is 134 Å². The van der Waals surface area contributed by atoms with E-state index in [0.29, 0.717) is 19.1 Å². The summed E-state index contributed by atoms with van der Waals surface area (Å²) in [6, 6.07) is -0.194. The molecule has 1 atom stereocenters. The number of nitrogens with zero attached hydrogens (tertiary/aromatic N) is 4. The fourth-order valence-electron chi connectivity index (χ4n) is 2.91. The molecule has 1 fully saturated rings. The maximum absolute atomic E-state index is 12.4. The van der Waals surface area contributed by atoms with Gasteiger partial charge in [-0.3, -0.25) is 4.79 Å². The van der Waals surface area contributed by atoms with Gasteiger partial charge in [-0.15, -0.1) is 0 Å². The van der Waals surface area contributed by atoms with E-state index in [2.05, 4.69) is 27.4 Å². The molecule has 3 heterocycles. The summed E-state index contributed by atoms with van der Waals surface area (Å²) in [4.78, 5) is 20.9. The lowest BCUT2D eigenvalue weighted by Crippen LogP contribution is -2.38. The van der Waals surface area contributed by atoms with Crippen LogP contribution in [0.1, 0.15) is 48.1 Å². The van der Waals surface area contributed by atoms with E-state index in [1.165, 1.54) is 0 Å². The van der Waals surface area contributed by atoms with Gasteiger partial charge in [0.2, 0.25) is 5.89 Å². The summed E-state index contributed by atoms with van der Waals surface area (Å²) in [5.74, 6) is 1.20. The van der Waals surface area contributed by atoms with Gasteiger partial charge in [-0.25, -0.2) is 4.98 Å². The van der Waals surface area contributed by atoms with Crippen LogP contribution in [0.5, 0.6) is 0 Å². The standard InChI is InChI=1S/C15H21N5O3/c1-3-20-7-6-16-14(20)12(11-4-8-22-9-5-11)18-15(21)13-17-10(2)23-19-13/h6-7,11-12H,3-5,8-9H2,1-2H3,(H,18,21)/t12-/m1/s1. The molecule has 0 unspecified atom stereocenters. The molecule has 1 saturated heterocycles. The van der Waals surface area contributed by atoms with E-state index >= 15 is 0 Å². The summed E-state index contributed by atoms with van der Waals surface area (Å²) in [5, 5.41) is 6.72. The highest BCUT2D eigenvalue weighted by atomic mass is 16.5. The van der Waals surface area contributed by atoms with E-state index < -0.39 is 0 Å². The van der Waals surface area contributed by atoms with E-state index in [-0.39, 0.29) is 23.7 Å². The number of imidazole rings is 1. The molecule has 0 aliphatic carbocycles. The lowest BCUT2D eigenvalue weighted by Gasteiger charge is -2.30. The maximum Gasteiger partial charge on any atom is 0.293 e. The number of hydrogen-bond donors (Lipinski definition) is 1. The fraction of sp³-hybridized carbons (Fsp3) is 0.600. The second kappa shape index (κ2) is 6.91. The number of nitrogens with one attached hydrogen (secondary N) is 1. The van der Waals surface area contributed by atoms with Gasteiger partial charge < -0.3 is 19.1 Å². The van der Waals surface area contributed by atoms with Crippen molar-refractivity contribution in [1.82, 2.24) is 25.0 Å². The zero-order valence-electron chi connectivity index (χ0n) is 13.4. The lowest BCUT2D eigenvalue weighted by atomic mass is 9.91. The lowest BCUT2D eigenvalue weighted by molar-refractivity contribution is 0.0496. The highest BCUT2D eigenvalue weighted by Gasteiger charge is 2.31. The van der Waals surface area contributed by atoms with Crippen LogP contribution < -0.4 is 5.32 Å². The van der Waals surface area contributed by atoms with Gasteiger partial charge in [0.05, 0.1) is 6.04 Å². The summed E-state index contributed by atoms with van der Waals surface area (Å²) in [6.07, 6.45) is 5.45. The average Bonchev–Trinajstić information content (AvgIpc) is 3.21. The Morgan fingerprint density at radius 3 is 2.91 bits per heavy atom. The molecule has 1 N–H and O–H groups in total. The highest BCUT2D eigenvalue weighted by molar-refractivity contribution is 5.90. The fourth-order valence-corrected chi connectivity index (χ4v) is 2.91. The predicted molar refractivity (Wildman–Crippen MR) is 80.7 cm³/mol. The Kier molecular flexibility index (Phi) is 4.71. The topological polar surface area (TPSA) is 95.1 Å². The van der Waals surface area contributed by atoms with Crippen molar-refractivity contribution < 1.29 is 14.1 Å². The molecule has 124 valence electrons. The molecule has 0 saturated carbocycles. The maximum atomic E-state index is 12.4. The van der Waals surface area contributed by atoms with Gasteiger partial charge in [0.1, 0.15) is 5.82 Å². The minimum absolute atomic E-state index is 0.0502. The van der Waals surface area contributed by atoms with Crippen LogP contribution in [0.25, 0.3) is 0 Å². The molecular weight excluding hydrogens is 298 g/mol. The van der Waals surface area contributed by atoms with E-state index in [4.69, 9.17) is 9.26 Å². The van der Waals surface area contributed by atoms with Crippen molar-refractivity contribution in [2.45, 2.75) is 39.3 Å². The van der Waals surface area contributed by atoms with Crippen molar-refractivity contribution in [3.8, 4) is 0 Å². The molecule has 2 aromatic heterocycles. The second-order valence-electron chi connectivity index (χ2n) is 5.61. The molecule has 0 bridgehead atoms. The number of hydrogen-bond acceptors (Lipinski definition) is 6. The quantitative estimate of drug-likeness (QED) is 0.897. The zero-order chi connectivity index (χ0) is 16.2. The Morgan fingerprint density at radius 1 is 1.48 bits per heavy atom. The Balaban J connectivity index is 1.84. The Morgan fingerprint density at radius 2 is 2.26 bits per heavy atom. The van der Waals surface area contributed by atoms with Crippen LogP contribution in [0.4, 0.5) is 0 Å². The molecule has 0 radical (unpaired) electrons. The van der Waals surface area contributed by atoms with Crippen LogP contribution in [0.15, 0.2) is 16.9 Å². The Hall–Kier alpha value is -2.22. The first-order chi connectivity index (χ1) is 11.2. The minimum atomic E-state index is -0.344. The molecule has 1 amide bonds. The molecule has 0 spiro atoms. The number of rotatable bonds is 5. The molecule has 23 heavy (non-hydrogen) atoms. The number of carbonyl (C=O) groups is 1. The average molecular weight is 319 g/mol. The minimum Gasteiger partial charge on any atom is -0.381 e. The van der Waals surface area contributed by atoms with Gasteiger partial charge in [0.15, 0.2) is 0 Å². The van der Waals surface area contributed by atoms with Gasteiger partial charge in [-0.05, 0) is 25.7 Å². The number of ether oxygens (including phenoxy) is 1. The van der Waals surface area contributed by atoms with Crippen LogP contribution in [0, 0.1) is 12.8 Å². The number of amides is 1. The van der Waals surface area contributed by atoms with Crippen molar-refractivity contribution in [2.24, 2.45) is 5.92 Å². The number of carbonyl (C=O) groups excluding carboxylic acids is 1. The molecule has 1 aliphatic rings. The van der Waals surface area contributed by atoms with Gasteiger partial charge >= 0.3 is 0 Å². The van der Waals surface area contributed by atoms with Gasteiger partial charge in [-0.2, -0.15) is 4.98 Å². The third kappa shape index (κ3) is 3.42. The highest BCUT2D eigenvalue weighted by Crippen LogP contribution is 2.29. The SMILES string of the molecule is CCn1ccnc1[C@H](NC(=O)c1noc(C)n1)C1CCOCC1. The van der Waals surface area contributed by atoms with Crippen LogP contribution >= 0.6 is 0 Å². The monoisotopic (exact) mass is 319 g/mol. The first-order valence-electron chi connectivity index (χ1n) is 7.89. The third-order valence-electron chi connectivity index (χ3n) is 4.12. The molecule has 8 heteroatoms. The van der Waals surface area contributed by atoms with Crippen molar-refractivity contribution in [3.05, 3.63) is 29.9 Å². The van der Waals surface area contributed by atoms with Crippen LogP contribution in [0.2, 0.25) is 0 Å². The van der Waals surface area contributed by atoms with Gasteiger partial charge in [0, 0.05) is 39.1 Å². The summed E-state index contributed by atoms with van der Waals surface area (Å²) >= 11 is 0. The van der Waals surface area contributed by atoms with Crippen LogP contribution in [0.3, 0.4) is 0 Å². The first kappa shape index (κ1) is 15.7. The van der Waals surface area contributed by atoms with Crippen molar-refractivity contribution in [2.75, 3.05) is 13.2 Å². The zero-order valence-corrected chi connectivity index (χ0v) is 13.4. The van der Waals surface area contributed by atoms with Crippen LogP contribution in [-0.2, 0) is 11.3 Å². The molecular formula is C15H21N5O3. The third-order valence-corrected chi connectivity index (χ3v) is 4.12. The van der Waals surface area contributed by atoms with Gasteiger partial charge in [-0.1, -0.05) is 5.16 Å². The number of aromatic nitrogens is 4. The summed E-state index contributed by atoms with van der Waals surface area (Å²) in [6.45, 7) is 5.91. The predicted octanol–water partition coefficient (Wildman–Crippen LogP) is 1.49. The summed E-state index contributed by atoms with van der Waals surface area (Å²) in [7, 11) is 0. The summed E-state index contributed by atoms with van der Waals surface area (Å²) < 4.78 is 12.4. The van der Waals surface area contributed by atoms with Crippen LogP contribution in [-0.4, -0.2) is 38.8 Å². The van der Waals surface area contributed by atoms with Gasteiger partial charge in [0.25, 0.3) is 11.7 Å². The molecule has 3 rings (SSSR count). The molecule has 8 nitrogen and oxygen atoms in total. The molecule has 1 aliphatic heterocycles. The molecule has 2 aromatic rings. The van der Waals surface area contributed by atoms with E-state index in [1.54, 1.807) is 13.1 Å². The normalized spacial score (nSPS) is 17.1. The van der Waals surface area contributed by atoms with Crippen molar-refractivity contribution in [1.29, 1.82) is 0 Å². The van der Waals surface area contributed by atoms with E-state index in [0.717, 1.165) is 25.2 Å². The number of aryl methyl sites for hydroxylation is 2. The van der Waals surface area contributed by atoms with Crippen molar-refractivity contribution >= 4 is 5.91 Å². The van der Waals surface area contributed by atoms with E-state index in [9.17, 15) is 4.79 Å².